The zero-order chi connectivity index (χ0) is 22.8. The van der Waals surface area contributed by atoms with Crippen molar-refractivity contribution in [2.45, 2.75) is 39.3 Å². The van der Waals surface area contributed by atoms with Gasteiger partial charge in [0.25, 0.3) is 0 Å². The van der Waals surface area contributed by atoms with Gasteiger partial charge >= 0.3 is 0 Å². The SMILES string of the molecule is CC1CCN(c2nc3c(c(Oc4cccc(F)c4)n2)CN(Cc2ccc(F)cc2)CC3)CC1. The summed E-state index contributed by atoms with van der Waals surface area (Å²) >= 11 is 0. The second kappa shape index (κ2) is 9.43. The van der Waals surface area contributed by atoms with Crippen LogP contribution in [-0.4, -0.2) is 34.5 Å². The van der Waals surface area contributed by atoms with E-state index in [0.717, 1.165) is 55.7 Å². The predicted molar refractivity (Wildman–Crippen MR) is 123 cm³/mol. The first-order valence-corrected chi connectivity index (χ1v) is 11.6. The molecule has 0 radical (unpaired) electrons. The molecule has 1 fully saturated rings. The van der Waals surface area contributed by atoms with Crippen LogP contribution in [0.3, 0.4) is 0 Å². The van der Waals surface area contributed by atoms with Crippen LogP contribution >= 0.6 is 0 Å². The van der Waals surface area contributed by atoms with E-state index >= 15 is 0 Å². The Hall–Kier alpha value is -3.06. The number of rotatable bonds is 5. The second-order valence-electron chi connectivity index (χ2n) is 9.07. The van der Waals surface area contributed by atoms with Crippen LogP contribution in [0.15, 0.2) is 48.5 Å². The normalized spacial score (nSPS) is 17.1. The molecule has 172 valence electrons. The van der Waals surface area contributed by atoms with Gasteiger partial charge in [0, 0.05) is 45.2 Å². The largest absolute Gasteiger partial charge is 0.438 e. The van der Waals surface area contributed by atoms with Crippen molar-refractivity contribution < 1.29 is 13.5 Å². The molecule has 3 aromatic rings. The van der Waals surface area contributed by atoms with Crippen LogP contribution in [0.4, 0.5) is 14.7 Å². The van der Waals surface area contributed by atoms with Crippen LogP contribution in [0.1, 0.15) is 36.6 Å². The molecule has 2 aromatic carbocycles. The van der Waals surface area contributed by atoms with Gasteiger partial charge in [-0.1, -0.05) is 25.1 Å². The second-order valence-corrected chi connectivity index (χ2v) is 9.07. The van der Waals surface area contributed by atoms with Gasteiger partial charge in [-0.3, -0.25) is 4.90 Å². The average Bonchev–Trinajstić information content (AvgIpc) is 2.81. The zero-order valence-electron chi connectivity index (χ0n) is 18.8. The van der Waals surface area contributed by atoms with E-state index in [1.165, 1.54) is 24.3 Å². The predicted octanol–water partition coefficient (Wildman–Crippen LogP) is 5.34. The lowest BCUT2D eigenvalue weighted by atomic mass is 9.99. The Kier molecular flexibility index (Phi) is 6.22. The molecule has 0 spiro atoms. The Morgan fingerprint density at radius 1 is 0.970 bits per heavy atom. The smallest absolute Gasteiger partial charge is 0.228 e. The average molecular weight is 451 g/mol. The fourth-order valence-corrected chi connectivity index (χ4v) is 4.49. The number of hydrogen-bond acceptors (Lipinski definition) is 5. The summed E-state index contributed by atoms with van der Waals surface area (Å²) in [4.78, 5) is 14.2. The van der Waals surface area contributed by atoms with Crippen LogP contribution in [0.25, 0.3) is 0 Å². The fourth-order valence-electron chi connectivity index (χ4n) is 4.49. The minimum absolute atomic E-state index is 0.235. The van der Waals surface area contributed by atoms with E-state index in [-0.39, 0.29) is 11.6 Å². The third-order valence-electron chi connectivity index (χ3n) is 6.49. The van der Waals surface area contributed by atoms with Crippen molar-refractivity contribution in [3.63, 3.8) is 0 Å². The van der Waals surface area contributed by atoms with E-state index in [1.807, 2.05) is 12.1 Å². The van der Waals surface area contributed by atoms with E-state index in [0.29, 0.717) is 36.6 Å². The summed E-state index contributed by atoms with van der Waals surface area (Å²) in [7, 11) is 0. The highest BCUT2D eigenvalue weighted by Crippen LogP contribution is 2.33. The summed E-state index contributed by atoms with van der Waals surface area (Å²) in [5.41, 5.74) is 2.97. The van der Waals surface area contributed by atoms with Gasteiger partial charge in [0.2, 0.25) is 11.8 Å². The van der Waals surface area contributed by atoms with Crippen LogP contribution in [0.5, 0.6) is 11.6 Å². The number of anilines is 1. The molecule has 5 nitrogen and oxygen atoms in total. The highest BCUT2D eigenvalue weighted by Gasteiger charge is 2.27. The molecule has 1 saturated heterocycles. The van der Waals surface area contributed by atoms with Crippen molar-refractivity contribution in [3.8, 4) is 11.6 Å². The van der Waals surface area contributed by atoms with Crippen molar-refractivity contribution in [2.75, 3.05) is 24.5 Å². The van der Waals surface area contributed by atoms with Gasteiger partial charge in [0.1, 0.15) is 17.4 Å². The zero-order valence-corrected chi connectivity index (χ0v) is 18.8. The molecular weight excluding hydrogens is 422 g/mol. The fraction of sp³-hybridized carbons (Fsp3) is 0.385. The van der Waals surface area contributed by atoms with Crippen LogP contribution in [-0.2, 0) is 19.5 Å². The van der Waals surface area contributed by atoms with Gasteiger partial charge < -0.3 is 9.64 Å². The molecule has 0 N–H and O–H groups in total. The maximum absolute atomic E-state index is 13.8. The molecule has 5 rings (SSSR count). The van der Waals surface area contributed by atoms with Gasteiger partial charge in [-0.25, -0.2) is 13.8 Å². The Labute approximate surface area is 193 Å². The van der Waals surface area contributed by atoms with Crippen LogP contribution in [0.2, 0.25) is 0 Å². The minimum Gasteiger partial charge on any atom is -0.438 e. The van der Waals surface area contributed by atoms with E-state index in [4.69, 9.17) is 14.7 Å². The Morgan fingerprint density at radius 2 is 1.76 bits per heavy atom. The summed E-state index contributed by atoms with van der Waals surface area (Å²) in [5.74, 6) is 1.73. The lowest BCUT2D eigenvalue weighted by molar-refractivity contribution is 0.238. The summed E-state index contributed by atoms with van der Waals surface area (Å²) < 4.78 is 33.2. The molecule has 0 saturated carbocycles. The molecule has 2 aliphatic rings. The molecule has 0 amide bonds. The number of hydrogen-bond donors (Lipinski definition) is 0. The Bertz CT molecular complexity index is 1110. The van der Waals surface area contributed by atoms with E-state index in [9.17, 15) is 8.78 Å². The maximum Gasteiger partial charge on any atom is 0.228 e. The molecule has 33 heavy (non-hydrogen) atoms. The number of fused-ring (bicyclic) bond motifs is 1. The van der Waals surface area contributed by atoms with Crippen molar-refractivity contribution in [1.29, 1.82) is 0 Å². The monoisotopic (exact) mass is 450 g/mol. The lowest BCUT2D eigenvalue weighted by Gasteiger charge is -2.33. The van der Waals surface area contributed by atoms with Gasteiger partial charge in [0.15, 0.2) is 0 Å². The van der Waals surface area contributed by atoms with E-state index in [2.05, 4.69) is 16.7 Å². The first-order chi connectivity index (χ1) is 16.0. The molecule has 0 bridgehead atoms. The maximum atomic E-state index is 13.8. The van der Waals surface area contributed by atoms with Gasteiger partial charge in [-0.2, -0.15) is 4.98 Å². The third-order valence-corrected chi connectivity index (χ3v) is 6.49. The topological polar surface area (TPSA) is 41.5 Å². The number of piperidine rings is 1. The third kappa shape index (κ3) is 5.14. The minimum atomic E-state index is -0.349. The quantitative estimate of drug-likeness (QED) is 0.525. The number of nitrogens with zero attached hydrogens (tertiary/aromatic N) is 4. The van der Waals surface area contributed by atoms with E-state index < -0.39 is 0 Å². The van der Waals surface area contributed by atoms with Crippen LogP contribution < -0.4 is 9.64 Å². The molecular formula is C26H28F2N4O. The summed E-state index contributed by atoms with van der Waals surface area (Å²) in [6, 6.07) is 12.7. The lowest BCUT2D eigenvalue weighted by Crippen LogP contribution is -2.36. The van der Waals surface area contributed by atoms with Crippen molar-refractivity contribution in [3.05, 3.63) is 77.0 Å². The molecule has 3 heterocycles. The highest BCUT2D eigenvalue weighted by molar-refractivity contribution is 5.44. The summed E-state index contributed by atoms with van der Waals surface area (Å²) in [5, 5.41) is 0. The summed E-state index contributed by atoms with van der Waals surface area (Å²) in [6.45, 7) is 6.29. The number of aromatic nitrogens is 2. The molecule has 1 aromatic heterocycles. The Balaban J connectivity index is 1.44. The molecule has 0 atom stereocenters. The molecule has 0 aliphatic carbocycles. The standard InChI is InChI=1S/C26H28F2N4O/c1-18-9-13-32(14-10-18)26-29-24-11-12-31(16-19-5-7-20(27)8-6-19)17-23(24)25(30-26)33-22-4-2-3-21(28)15-22/h2-8,15,18H,9-14,16-17H2,1H3. The number of halogens is 2. The molecule has 7 heteroatoms. The van der Waals surface area contributed by atoms with E-state index in [1.54, 1.807) is 12.1 Å². The van der Waals surface area contributed by atoms with Crippen molar-refractivity contribution >= 4 is 5.95 Å². The van der Waals surface area contributed by atoms with Gasteiger partial charge in [-0.15, -0.1) is 0 Å². The van der Waals surface area contributed by atoms with Gasteiger partial charge in [-0.05, 0) is 48.6 Å². The Morgan fingerprint density at radius 3 is 2.52 bits per heavy atom. The number of benzene rings is 2. The van der Waals surface area contributed by atoms with Crippen LogP contribution in [0, 0.1) is 17.6 Å². The molecule has 0 unspecified atom stereocenters. The van der Waals surface area contributed by atoms with Crippen molar-refractivity contribution in [1.82, 2.24) is 14.9 Å². The molecule has 2 aliphatic heterocycles. The first-order valence-electron chi connectivity index (χ1n) is 11.6. The highest BCUT2D eigenvalue weighted by atomic mass is 19.1. The summed E-state index contributed by atoms with van der Waals surface area (Å²) in [6.07, 6.45) is 3.01. The van der Waals surface area contributed by atoms with Crippen molar-refractivity contribution in [2.24, 2.45) is 5.92 Å². The first kappa shape index (κ1) is 21.8. The number of ether oxygens (including phenoxy) is 1. The van der Waals surface area contributed by atoms with Gasteiger partial charge in [0.05, 0.1) is 11.3 Å².